The number of hydrogen-bond acceptors (Lipinski definition) is 5. The summed E-state index contributed by atoms with van der Waals surface area (Å²) >= 11 is 0. The lowest BCUT2D eigenvalue weighted by molar-refractivity contribution is 0.0632. The van der Waals surface area contributed by atoms with Crippen molar-refractivity contribution in [3.63, 3.8) is 0 Å². The summed E-state index contributed by atoms with van der Waals surface area (Å²) < 4.78 is 31.8. The molecule has 0 bridgehead atoms. The van der Waals surface area contributed by atoms with Gasteiger partial charge in [0.05, 0.1) is 4.90 Å². The third kappa shape index (κ3) is 3.05. The van der Waals surface area contributed by atoms with Crippen molar-refractivity contribution in [2.24, 2.45) is 0 Å². The second-order valence-corrected chi connectivity index (χ2v) is 6.49. The molecule has 1 N–H and O–H groups in total. The minimum absolute atomic E-state index is 0.00458. The van der Waals surface area contributed by atoms with Crippen LogP contribution in [0.25, 0.3) is 0 Å². The van der Waals surface area contributed by atoms with Crippen molar-refractivity contribution >= 4 is 15.8 Å². The fourth-order valence-corrected chi connectivity index (χ4v) is 3.55. The first-order chi connectivity index (χ1) is 9.05. The first-order valence-corrected chi connectivity index (χ1v) is 7.69. The highest BCUT2D eigenvalue weighted by atomic mass is 32.2. The Bertz CT molecular complexity index is 527. The topological polar surface area (TPSA) is 71.5 Å². The van der Waals surface area contributed by atoms with Gasteiger partial charge in [-0.15, -0.1) is 0 Å². The van der Waals surface area contributed by atoms with E-state index < -0.39 is 10.0 Å². The van der Waals surface area contributed by atoms with Crippen LogP contribution in [0.3, 0.4) is 0 Å². The summed E-state index contributed by atoms with van der Waals surface area (Å²) in [5, 5.41) is 2.84. The molecule has 0 aliphatic carbocycles. The maximum absolute atomic E-state index is 12.5. The molecule has 1 aliphatic rings. The van der Waals surface area contributed by atoms with Crippen LogP contribution >= 0.6 is 0 Å². The van der Waals surface area contributed by atoms with Gasteiger partial charge in [0.1, 0.15) is 5.82 Å². The van der Waals surface area contributed by atoms with E-state index in [0.29, 0.717) is 19.0 Å². The van der Waals surface area contributed by atoms with Gasteiger partial charge in [-0.2, -0.15) is 4.31 Å². The first-order valence-electron chi connectivity index (χ1n) is 6.25. The molecule has 2 rings (SSSR count). The van der Waals surface area contributed by atoms with Crippen molar-refractivity contribution in [3.8, 4) is 0 Å². The molecule has 1 saturated heterocycles. The second kappa shape index (κ2) is 5.85. The normalized spacial score (nSPS) is 17.6. The lowest BCUT2D eigenvalue weighted by Gasteiger charge is -2.30. The molecular formula is C12H19N3O3S. The fourth-order valence-electron chi connectivity index (χ4n) is 2.12. The SMILES string of the molecule is CNc1cc(S(=O)(=O)N(C)C2CCOCC2)ccn1. The maximum atomic E-state index is 12.5. The van der Waals surface area contributed by atoms with Gasteiger partial charge in [0.2, 0.25) is 10.0 Å². The number of anilines is 1. The summed E-state index contributed by atoms with van der Waals surface area (Å²) in [5.74, 6) is 0.543. The number of nitrogens with one attached hydrogen (secondary N) is 1. The largest absolute Gasteiger partial charge is 0.381 e. The summed E-state index contributed by atoms with van der Waals surface area (Å²) in [7, 11) is -0.134. The van der Waals surface area contributed by atoms with Crippen LogP contribution < -0.4 is 5.32 Å². The molecule has 7 heteroatoms. The van der Waals surface area contributed by atoms with Crippen molar-refractivity contribution in [2.75, 3.05) is 32.6 Å². The standard InChI is InChI=1S/C12H19N3O3S/c1-13-12-9-11(3-6-14-12)19(16,17)15(2)10-4-7-18-8-5-10/h3,6,9-10H,4-5,7-8H2,1-2H3,(H,13,14). The zero-order valence-corrected chi connectivity index (χ0v) is 12.0. The van der Waals surface area contributed by atoms with Crippen molar-refractivity contribution in [1.82, 2.24) is 9.29 Å². The van der Waals surface area contributed by atoms with Crippen molar-refractivity contribution < 1.29 is 13.2 Å². The van der Waals surface area contributed by atoms with Gasteiger partial charge in [-0.25, -0.2) is 13.4 Å². The van der Waals surface area contributed by atoms with Crippen LogP contribution in [0.4, 0.5) is 5.82 Å². The third-order valence-electron chi connectivity index (χ3n) is 3.37. The Labute approximate surface area is 113 Å². The van der Waals surface area contributed by atoms with E-state index in [9.17, 15) is 8.42 Å². The molecule has 0 unspecified atom stereocenters. The van der Waals surface area contributed by atoms with Gasteiger partial charge in [-0.1, -0.05) is 0 Å². The van der Waals surface area contributed by atoms with E-state index in [4.69, 9.17) is 4.74 Å². The van der Waals surface area contributed by atoms with E-state index >= 15 is 0 Å². The molecule has 0 atom stereocenters. The van der Waals surface area contributed by atoms with Crippen LogP contribution in [0.5, 0.6) is 0 Å². The number of ether oxygens (including phenoxy) is 1. The van der Waals surface area contributed by atoms with E-state index in [-0.39, 0.29) is 10.9 Å². The van der Waals surface area contributed by atoms with Crippen molar-refractivity contribution in [3.05, 3.63) is 18.3 Å². The van der Waals surface area contributed by atoms with E-state index in [2.05, 4.69) is 10.3 Å². The molecular weight excluding hydrogens is 266 g/mol. The molecule has 0 amide bonds. The number of pyridine rings is 1. The smallest absolute Gasteiger partial charge is 0.243 e. The molecule has 0 aromatic carbocycles. The molecule has 1 aromatic rings. The second-order valence-electron chi connectivity index (χ2n) is 4.49. The highest BCUT2D eigenvalue weighted by molar-refractivity contribution is 7.89. The average Bonchev–Trinajstić information content (AvgIpc) is 2.47. The minimum atomic E-state index is -3.47. The Morgan fingerprint density at radius 3 is 2.74 bits per heavy atom. The molecule has 0 spiro atoms. The van der Waals surface area contributed by atoms with E-state index in [1.807, 2.05) is 0 Å². The van der Waals surface area contributed by atoms with Crippen LogP contribution in [-0.2, 0) is 14.8 Å². The van der Waals surface area contributed by atoms with Gasteiger partial charge in [0, 0.05) is 45.6 Å². The monoisotopic (exact) mass is 285 g/mol. The van der Waals surface area contributed by atoms with Crippen LogP contribution in [0.2, 0.25) is 0 Å². The highest BCUT2D eigenvalue weighted by Crippen LogP contribution is 2.22. The van der Waals surface area contributed by atoms with Crippen molar-refractivity contribution in [2.45, 2.75) is 23.8 Å². The summed E-state index contributed by atoms with van der Waals surface area (Å²) in [6.45, 7) is 1.23. The van der Waals surface area contributed by atoms with Gasteiger partial charge in [-0.3, -0.25) is 0 Å². The maximum Gasteiger partial charge on any atom is 0.243 e. The predicted molar refractivity (Wildman–Crippen MR) is 72.6 cm³/mol. The fraction of sp³-hybridized carbons (Fsp3) is 0.583. The van der Waals surface area contributed by atoms with Crippen LogP contribution in [-0.4, -0.2) is 51.1 Å². The molecule has 0 saturated carbocycles. The Kier molecular flexibility index (Phi) is 4.38. The van der Waals surface area contributed by atoms with Crippen LogP contribution in [0.15, 0.2) is 23.2 Å². The Hall–Kier alpha value is -1.18. The summed E-state index contributed by atoms with van der Waals surface area (Å²) in [5.41, 5.74) is 0. The lowest BCUT2D eigenvalue weighted by atomic mass is 10.1. The number of rotatable bonds is 4. The minimum Gasteiger partial charge on any atom is -0.381 e. The van der Waals surface area contributed by atoms with E-state index in [1.165, 1.54) is 16.6 Å². The third-order valence-corrected chi connectivity index (χ3v) is 5.28. The zero-order chi connectivity index (χ0) is 13.9. The quantitative estimate of drug-likeness (QED) is 0.891. The highest BCUT2D eigenvalue weighted by Gasteiger charge is 2.29. The van der Waals surface area contributed by atoms with E-state index in [1.54, 1.807) is 20.2 Å². The number of nitrogens with zero attached hydrogens (tertiary/aromatic N) is 2. The Morgan fingerprint density at radius 2 is 2.11 bits per heavy atom. The van der Waals surface area contributed by atoms with Crippen molar-refractivity contribution in [1.29, 1.82) is 0 Å². The number of sulfonamides is 1. The lowest BCUT2D eigenvalue weighted by Crippen LogP contribution is -2.40. The molecule has 19 heavy (non-hydrogen) atoms. The zero-order valence-electron chi connectivity index (χ0n) is 11.2. The molecule has 1 aliphatic heterocycles. The van der Waals surface area contributed by atoms with E-state index in [0.717, 1.165) is 12.8 Å². The first kappa shape index (κ1) is 14.2. The number of aromatic nitrogens is 1. The Morgan fingerprint density at radius 1 is 1.42 bits per heavy atom. The van der Waals surface area contributed by atoms with Crippen LogP contribution in [0.1, 0.15) is 12.8 Å². The molecule has 6 nitrogen and oxygen atoms in total. The summed E-state index contributed by atoms with van der Waals surface area (Å²) in [6, 6.07) is 3.07. The summed E-state index contributed by atoms with van der Waals surface area (Å²) in [4.78, 5) is 4.29. The molecule has 106 valence electrons. The van der Waals surface area contributed by atoms with Gasteiger partial charge in [-0.05, 0) is 18.9 Å². The van der Waals surface area contributed by atoms with Gasteiger partial charge >= 0.3 is 0 Å². The van der Waals surface area contributed by atoms with Gasteiger partial charge in [0.15, 0.2) is 0 Å². The predicted octanol–water partition coefficient (Wildman–Crippen LogP) is 0.923. The summed E-state index contributed by atoms with van der Waals surface area (Å²) in [6.07, 6.45) is 2.97. The Balaban J connectivity index is 2.24. The van der Waals surface area contributed by atoms with Crippen LogP contribution in [0, 0.1) is 0 Å². The molecule has 0 radical (unpaired) electrons. The molecule has 1 fully saturated rings. The van der Waals surface area contributed by atoms with Gasteiger partial charge < -0.3 is 10.1 Å². The molecule has 1 aromatic heterocycles. The number of hydrogen-bond donors (Lipinski definition) is 1. The average molecular weight is 285 g/mol. The molecule has 2 heterocycles. The van der Waals surface area contributed by atoms with Gasteiger partial charge in [0.25, 0.3) is 0 Å².